The standard InChI is InChI=1S/C30H30FN3O6/c1-38-26-10-7-21-15-27(26)39-18-28(35)32-16-19-5-8-23(9-6-19)40-25-11-12-34(17-24(25)33-30(21)37)29(36)14-20-3-2-4-22(31)13-20/h2-10,13,15,24-25H,11-12,14,16-18H2,1H3,(H,32,35)(H,33,37)/t24-,25+/m0/s1. The molecule has 3 aliphatic heterocycles. The van der Waals surface area contributed by atoms with Crippen molar-refractivity contribution in [2.45, 2.75) is 31.5 Å². The van der Waals surface area contributed by atoms with Crippen molar-refractivity contribution in [2.24, 2.45) is 0 Å². The van der Waals surface area contributed by atoms with Crippen molar-refractivity contribution in [3.63, 3.8) is 0 Å². The molecule has 40 heavy (non-hydrogen) atoms. The first-order chi connectivity index (χ1) is 19.4. The van der Waals surface area contributed by atoms with E-state index >= 15 is 0 Å². The maximum absolute atomic E-state index is 13.7. The van der Waals surface area contributed by atoms with E-state index in [4.69, 9.17) is 14.2 Å². The quantitative estimate of drug-likeness (QED) is 0.523. The van der Waals surface area contributed by atoms with Crippen LogP contribution in [-0.4, -0.2) is 61.6 Å². The highest BCUT2D eigenvalue weighted by molar-refractivity contribution is 5.95. The van der Waals surface area contributed by atoms with Gasteiger partial charge in [0.25, 0.3) is 11.8 Å². The second-order valence-corrected chi connectivity index (χ2v) is 9.75. The monoisotopic (exact) mass is 547 g/mol. The number of amides is 3. The summed E-state index contributed by atoms with van der Waals surface area (Å²) in [6.45, 7) is 0.709. The Morgan fingerprint density at radius 1 is 1.10 bits per heavy atom. The number of methoxy groups -OCH3 is 1. The van der Waals surface area contributed by atoms with Crippen LogP contribution >= 0.6 is 0 Å². The molecule has 6 rings (SSSR count). The number of hydrogen-bond acceptors (Lipinski definition) is 6. The van der Waals surface area contributed by atoms with Gasteiger partial charge in [-0.15, -0.1) is 0 Å². The predicted molar refractivity (Wildman–Crippen MR) is 144 cm³/mol. The second-order valence-electron chi connectivity index (χ2n) is 9.75. The lowest BCUT2D eigenvalue weighted by molar-refractivity contribution is -0.133. The number of benzene rings is 3. The van der Waals surface area contributed by atoms with Crippen LogP contribution in [0, 0.1) is 5.82 Å². The SMILES string of the molecule is COc1ccc2cc1OCC(=O)NCc1ccc(cc1)O[C@@H]1CCN(C(=O)Cc3cccc(F)c3)C[C@@H]1NC2=O. The lowest BCUT2D eigenvalue weighted by Gasteiger charge is -2.39. The number of ether oxygens (including phenoxy) is 3. The zero-order chi connectivity index (χ0) is 28.1. The molecule has 9 nitrogen and oxygen atoms in total. The number of hydrogen-bond donors (Lipinski definition) is 2. The maximum Gasteiger partial charge on any atom is 0.258 e. The Labute approximate surface area is 231 Å². The number of piperidine rings is 1. The Hall–Kier alpha value is -4.60. The molecular formula is C30H30FN3O6. The fourth-order valence-corrected chi connectivity index (χ4v) is 4.81. The average molecular weight is 548 g/mol. The number of likely N-dealkylation sites (tertiary alicyclic amines) is 1. The molecular weight excluding hydrogens is 517 g/mol. The van der Waals surface area contributed by atoms with Gasteiger partial charge in [0.05, 0.1) is 19.6 Å². The zero-order valence-corrected chi connectivity index (χ0v) is 22.0. The molecule has 0 aliphatic carbocycles. The van der Waals surface area contributed by atoms with Gasteiger partial charge in [-0.25, -0.2) is 4.39 Å². The molecule has 1 fully saturated rings. The molecule has 0 aromatic heterocycles. The summed E-state index contributed by atoms with van der Waals surface area (Å²) < 4.78 is 31.0. The molecule has 2 atom stereocenters. The minimum atomic E-state index is -0.525. The van der Waals surface area contributed by atoms with Gasteiger partial charge in [-0.05, 0) is 53.6 Å². The molecule has 3 aromatic rings. The van der Waals surface area contributed by atoms with Crippen molar-refractivity contribution in [1.29, 1.82) is 0 Å². The zero-order valence-electron chi connectivity index (χ0n) is 22.0. The number of carbonyl (C=O) groups excluding carboxylic acids is 3. The highest BCUT2D eigenvalue weighted by Crippen LogP contribution is 2.29. The molecule has 0 radical (unpaired) electrons. The molecule has 0 unspecified atom stereocenters. The Balaban J connectivity index is 1.40. The predicted octanol–water partition coefficient (Wildman–Crippen LogP) is 2.86. The average Bonchev–Trinajstić information content (AvgIpc) is 2.96. The number of nitrogens with zero attached hydrogens (tertiary/aromatic N) is 1. The summed E-state index contributed by atoms with van der Waals surface area (Å²) in [6.07, 6.45) is 0.128. The van der Waals surface area contributed by atoms with Crippen LogP contribution in [0.2, 0.25) is 0 Å². The fraction of sp³-hybridized carbons (Fsp3) is 0.300. The maximum atomic E-state index is 13.7. The van der Waals surface area contributed by atoms with Crippen molar-refractivity contribution < 1.29 is 33.0 Å². The van der Waals surface area contributed by atoms with Crippen LogP contribution in [0.5, 0.6) is 17.2 Å². The summed E-state index contributed by atoms with van der Waals surface area (Å²) in [6, 6.07) is 17.5. The van der Waals surface area contributed by atoms with Crippen molar-refractivity contribution >= 4 is 17.7 Å². The molecule has 3 aliphatic rings. The molecule has 0 saturated carbocycles. The smallest absolute Gasteiger partial charge is 0.258 e. The minimum Gasteiger partial charge on any atom is -0.493 e. The van der Waals surface area contributed by atoms with Crippen LogP contribution in [0.25, 0.3) is 0 Å². The molecule has 10 heteroatoms. The Bertz CT molecular complexity index is 1400. The molecule has 3 amide bonds. The van der Waals surface area contributed by atoms with Crippen LogP contribution in [0.3, 0.4) is 0 Å². The summed E-state index contributed by atoms with van der Waals surface area (Å²) in [5, 5.41) is 5.83. The van der Waals surface area contributed by atoms with E-state index in [1.807, 2.05) is 24.3 Å². The molecule has 4 bridgehead atoms. The Morgan fingerprint density at radius 2 is 1.93 bits per heavy atom. The fourth-order valence-electron chi connectivity index (χ4n) is 4.81. The van der Waals surface area contributed by atoms with Crippen molar-refractivity contribution in [3.05, 3.63) is 89.2 Å². The third kappa shape index (κ3) is 6.51. The van der Waals surface area contributed by atoms with E-state index in [9.17, 15) is 18.8 Å². The lowest BCUT2D eigenvalue weighted by atomic mass is 10.00. The minimum absolute atomic E-state index is 0.0529. The highest BCUT2D eigenvalue weighted by Gasteiger charge is 2.34. The molecule has 0 spiro atoms. The normalized spacial score (nSPS) is 19.3. The molecule has 3 aromatic carbocycles. The van der Waals surface area contributed by atoms with E-state index in [2.05, 4.69) is 10.6 Å². The van der Waals surface area contributed by atoms with Gasteiger partial charge >= 0.3 is 0 Å². The van der Waals surface area contributed by atoms with Crippen molar-refractivity contribution in [3.8, 4) is 17.2 Å². The summed E-state index contributed by atoms with van der Waals surface area (Å²) in [7, 11) is 1.47. The molecule has 1 saturated heterocycles. The van der Waals surface area contributed by atoms with E-state index in [0.29, 0.717) is 42.1 Å². The summed E-state index contributed by atoms with van der Waals surface area (Å²) in [4.78, 5) is 40.5. The highest BCUT2D eigenvalue weighted by atomic mass is 19.1. The first-order valence-corrected chi connectivity index (χ1v) is 13.0. The number of rotatable bonds is 3. The number of nitrogens with one attached hydrogen (secondary N) is 2. The van der Waals surface area contributed by atoms with Crippen molar-refractivity contribution in [2.75, 3.05) is 26.8 Å². The number of carbonyl (C=O) groups is 3. The molecule has 208 valence electrons. The first-order valence-electron chi connectivity index (χ1n) is 13.0. The van der Waals surface area contributed by atoms with E-state index in [-0.39, 0.29) is 37.1 Å². The van der Waals surface area contributed by atoms with Gasteiger partial charge in [-0.1, -0.05) is 24.3 Å². The van der Waals surface area contributed by atoms with Gasteiger partial charge in [0, 0.05) is 31.6 Å². The number of halogens is 1. The Morgan fingerprint density at radius 3 is 2.70 bits per heavy atom. The van der Waals surface area contributed by atoms with E-state index in [1.54, 1.807) is 29.2 Å². The van der Waals surface area contributed by atoms with Gasteiger partial charge in [-0.3, -0.25) is 14.4 Å². The van der Waals surface area contributed by atoms with E-state index in [1.165, 1.54) is 25.3 Å². The summed E-state index contributed by atoms with van der Waals surface area (Å²) in [5.74, 6) is -0.0360. The number of fused-ring (bicyclic) bond motifs is 7. The lowest BCUT2D eigenvalue weighted by Crippen LogP contribution is -2.58. The molecule has 2 N–H and O–H groups in total. The van der Waals surface area contributed by atoms with Crippen LogP contribution in [0.4, 0.5) is 4.39 Å². The Kier molecular flexibility index (Phi) is 8.14. The van der Waals surface area contributed by atoms with Gasteiger partial charge in [-0.2, -0.15) is 0 Å². The van der Waals surface area contributed by atoms with Crippen LogP contribution in [0.15, 0.2) is 66.7 Å². The molecule has 3 heterocycles. The second kappa shape index (κ2) is 12.1. The van der Waals surface area contributed by atoms with Gasteiger partial charge in [0.1, 0.15) is 17.7 Å². The topological polar surface area (TPSA) is 106 Å². The third-order valence-corrected chi connectivity index (χ3v) is 6.95. The summed E-state index contributed by atoms with van der Waals surface area (Å²) in [5.41, 5.74) is 1.76. The van der Waals surface area contributed by atoms with Crippen LogP contribution in [0.1, 0.15) is 27.9 Å². The van der Waals surface area contributed by atoms with Gasteiger partial charge in [0.2, 0.25) is 5.91 Å². The van der Waals surface area contributed by atoms with Crippen LogP contribution in [-0.2, 0) is 22.6 Å². The van der Waals surface area contributed by atoms with E-state index in [0.717, 1.165) is 5.56 Å². The summed E-state index contributed by atoms with van der Waals surface area (Å²) >= 11 is 0. The first kappa shape index (κ1) is 27.0. The largest absolute Gasteiger partial charge is 0.493 e. The van der Waals surface area contributed by atoms with E-state index < -0.39 is 23.9 Å². The van der Waals surface area contributed by atoms with Crippen molar-refractivity contribution in [1.82, 2.24) is 15.5 Å². The van der Waals surface area contributed by atoms with Crippen LogP contribution < -0.4 is 24.8 Å². The van der Waals surface area contributed by atoms with Gasteiger partial charge in [0.15, 0.2) is 18.1 Å². The third-order valence-electron chi connectivity index (χ3n) is 6.95. The van der Waals surface area contributed by atoms with Gasteiger partial charge < -0.3 is 29.7 Å².